The van der Waals surface area contributed by atoms with Crippen molar-refractivity contribution in [1.82, 2.24) is 4.57 Å². The van der Waals surface area contributed by atoms with Crippen molar-refractivity contribution in [1.29, 1.82) is 0 Å². The van der Waals surface area contributed by atoms with Gasteiger partial charge in [0.05, 0.1) is 16.7 Å². The molecule has 0 saturated heterocycles. The predicted molar refractivity (Wildman–Crippen MR) is 270 cm³/mol. The molecule has 298 valence electrons. The van der Waals surface area contributed by atoms with Crippen LogP contribution in [0.3, 0.4) is 0 Å². The number of anilines is 3. The van der Waals surface area contributed by atoms with E-state index in [1.165, 1.54) is 59.2 Å². The lowest BCUT2D eigenvalue weighted by molar-refractivity contribution is 1.18. The molecule has 0 bridgehead atoms. The molecular formula is C60H44N2Si. The summed E-state index contributed by atoms with van der Waals surface area (Å²) in [6.45, 7) is 0. The molecule has 1 heterocycles. The van der Waals surface area contributed by atoms with Crippen LogP contribution in [0.25, 0.3) is 49.7 Å². The number of aromatic nitrogens is 1. The Morgan fingerprint density at radius 2 is 0.794 bits per heavy atom. The molecule has 0 aliphatic rings. The molecule has 63 heavy (non-hydrogen) atoms. The van der Waals surface area contributed by atoms with E-state index in [9.17, 15) is 0 Å². The third kappa shape index (κ3) is 6.67. The Kier molecular flexibility index (Phi) is 9.93. The number of hydrogen-bond donors (Lipinski definition) is 0. The van der Waals surface area contributed by atoms with Crippen molar-refractivity contribution in [3.05, 3.63) is 267 Å². The van der Waals surface area contributed by atoms with E-state index in [1.807, 2.05) is 0 Å². The van der Waals surface area contributed by atoms with Gasteiger partial charge in [-0.25, -0.2) is 0 Å². The summed E-state index contributed by atoms with van der Waals surface area (Å²) in [4.78, 5) is 2.48. The van der Waals surface area contributed by atoms with Crippen LogP contribution in [0.1, 0.15) is 0 Å². The van der Waals surface area contributed by atoms with Gasteiger partial charge in [0.2, 0.25) is 0 Å². The summed E-state index contributed by atoms with van der Waals surface area (Å²) in [5, 5.41) is 7.83. The molecule has 1 aromatic heterocycles. The molecule has 0 radical (unpaired) electrons. The van der Waals surface area contributed by atoms with Crippen molar-refractivity contribution in [2.75, 3.05) is 4.90 Å². The third-order valence-corrected chi connectivity index (χ3v) is 17.3. The average molecular weight is 821 g/mol. The van der Waals surface area contributed by atoms with Crippen LogP contribution in [0.4, 0.5) is 17.1 Å². The van der Waals surface area contributed by atoms with Gasteiger partial charge in [0.25, 0.3) is 0 Å². The first-order chi connectivity index (χ1) is 31.3. The van der Waals surface area contributed by atoms with Crippen molar-refractivity contribution in [2.24, 2.45) is 0 Å². The molecule has 10 aromatic carbocycles. The maximum absolute atomic E-state index is 2.84. The first-order valence-electron chi connectivity index (χ1n) is 21.7. The topological polar surface area (TPSA) is 8.17 Å². The van der Waals surface area contributed by atoms with Crippen molar-refractivity contribution >= 4 is 67.7 Å². The predicted octanol–water partition coefficient (Wildman–Crippen LogP) is 13.0. The lowest BCUT2D eigenvalue weighted by Crippen LogP contribution is -2.74. The van der Waals surface area contributed by atoms with Gasteiger partial charge in [0.1, 0.15) is 0 Å². The normalized spacial score (nSPS) is 11.5. The monoisotopic (exact) mass is 820 g/mol. The molecule has 2 nitrogen and oxygen atoms in total. The zero-order valence-electron chi connectivity index (χ0n) is 34.8. The lowest BCUT2D eigenvalue weighted by atomic mass is 9.96. The smallest absolute Gasteiger partial charge is 0.179 e. The molecule has 0 amide bonds. The van der Waals surface area contributed by atoms with E-state index < -0.39 is 8.07 Å². The summed E-state index contributed by atoms with van der Waals surface area (Å²) in [7, 11) is -2.84. The molecule has 0 saturated carbocycles. The van der Waals surface area contributed by atoms with Crippen LogP contribution in [0.2, 0.25) is 0 Å². The molecule has 0 spiro atoms. The standard InChI is InChI=1S/C60H44N2Si/c1-6-22-45(23-7-1)46-40-42-48(43-41-46)61(49-26-20-33-53(44-49)63(50-27-10-3-11-28-50,51-29-12-4-13-30-51)52-31-14-5-15-32-52)57-37-18-16-34-54(57)55-36-21-39-59-60(55)56-35-17-19-38-58(56)62(59)47-24-8-2-9-25-47/h1-44H. The second kappa shape index (κ2) is 16.5. The van der Waals surface area contributed by atoms with Crippen molar-refractivity contribution in [2.45, 2.75) is 0 Å². The van der Waals surface area contributed by atoms with Crippen molar-refractivity contribution in [3.63, 3.8) is 0 Å². The summed E-state index contributed by atoms with van der Waals surface area (Å²) < 4.78 is 2.40. The molecule has 0 fully saturated rings. The van der Waals surface area contributed by atoms with Gasteiger partial charge in [-0.1, -0.05) is 212 Å². The van der Waals surface area contributed by atoms with E-state index in [0.717, 1.165) is 28.3 Å². The minimum atomic E-state index is -2.84. The average Bonchev–Trinajstić information content (AvgIpc) is 3.71. The first kappa shape index (κ1) is 38.0. The Morgan fingerprint density at radius 1 is 0.317 bits per heavy atom. The number of fused-ring (bicyclic) bond motifs is 3. The minimum absolute atomic E-state index is 1.09. The van der Waals surface area contributed by atoms with Gasteiger partial charge in [-0.05, 0) is 92.0 Å². The SMILES string of the molecule is c1ccc(-c2ccc(N(c3cccc([Si](c4ccccc4)(c4ccccc4)c4ccccc4)c3)c3ccccc3-c3cccc4c3c3ccccc3n4-c3ccccc3)cc2)cc1. The van der Waals surface area contributed by atoms with E-state index >= 15 is 0 Å². The molecule has 0 aliphatic carbocycles. The van der Waals surface area contributed by atoms with E-state index in [0.29, 0.717) is 0 Å². The van der Waals surface area contributed by atoms with Crippen molar-refractivity contribution < 1.29 is 0 Å². The molecule has 0 aliphatic heterocycles. The Morgan fingerprint density at radius 3 is 1.44 bits per heavy atom. The van der Waals surface area contributed by atoms with Gasteiger partial charge in [0, 0.05) is 33.4 Å². The number of para-hydroxylation sites is 3. The van der Waals surface area contributed by atoms with Gasteiger partial charge in [-0.2, -0.15) is 0 Å². The van der Waals surface area contributed by atoms with Gasteiger partial charge in [-0.3, -0.25) is 0 Å². The minimum Gasteiger partial charge on any atom is -0.310 e. The van der Waals surface area contributed by atoms with Crippen LogP contribution in [-0.4, -0.2) is 12.6 Å². The quantitative estimate of drug-likeness (QED) is 0.0985. The summed E-state index contributed by atoms with van der Waals surface area (Å²) in [6, 6.07) is 97.9. The Bertz CT molecular complexity index is 3210. The molecular weight excluding hydrogens is 777 g/mol. The summed E-state index contributed by atoms with van der Waals surface area (Å²) in [5.74, 6) is 0. The van der Waals surface area contributed by atoms with E-state index in [-0.39, 0.29) is 0 Å². The van der Waals surface area contributed by atoms with Gasteiger partial charge < -0.3 is 9.47 Å². The van der Waals surface area contributed by atoms with Gasteiger partial charge in [0.15, 0.2) is 8.07 Å². The Balaban J connectivity index is 1.17. The van der Waals surface area contributed by atoms with Crippen LogP contribution in [0, 0.1) is 0 Å². The highest BCUT2D eigenvalue weighted by Crippen LogP contribution is 2.45. The fourth-order valence-corrected chi connectivity index (χ4v) is 14.6. The van der Waals surface area contributed by atoms with Crippen LogP contribution in [0.15, 0.2) is 267 Å². The van der Waals surface area contributed by atoms with E-state index in [4.69, 9.17) is 0 Å². The molecule has 0 N–H and O–H groups in total. The Hall–Kier alpha value is -7.98. The first-order valence-corrected chi connectivity index (χ1v) is 23.7. The number of rotatable bonds is 10. The zero-order valence-corrected chi connectivity index (χ0v) is 35.8. The maximum atomic E-state index is 2.48. The summed E-state index contributed by atoms with van der Waals surface area (Å²) in [6.07, 6.45) is 0. The summed E-state index contributed by atoms with van der Waals surface area (Å²) in [5.41, 5.74) is 11.6. The number of hydrogen-bond acceptors (Lipinski definition) is 1. The number of nitrogens with zero attached hydrogens (tertiary/aromatic N) is 2. The van der Waals surface area contributed by atoms with Gasteiger partial charge in [-0.15, -0.1) is 0 Å². The third-order valence-electron chi connectivity index (χ3n) is 12.5. The second-order valence-corrected chi connectivity index (χ2v) is 19.9. The van der Waals surface area contributed by atoms with Crippen LogP contribution in [-0.2, 0) is 0 Å². The highest BCUT2D eigenvalue weighted by atomic mass is 28.3. The van der Waals surface area contributed by atoms with Crippen LogP contribution >= 0.6 is 0 Å². The molecule has 11 aromatic rings. The summed E-state index contributed by atoms with van der Waals surface area (Å²) >= 11 is 0. The molecule has 3 heteroatoms. The van der Waals surface area contributed by atoms with Gasteiger partial charge >= 0.3 is 0 Å². The highest BCUT2D eigenvalue weighted by Gasteiger charge is 2.41. The highest BCUT2D eigenvalue weighted by molar-refractivity contribution is 7.19. The molecule has 0 unspecified atom stereocenters. The largest absolute Gasteiger partial charge is 0.310 e. The zero-order chi connectivity index (χ0) is 42.0. The lowest BCUT2D eigenvalue weighted by Gasteiger charge is -2.35. The van der Waals surface area contributed by atoms with E-state index in [1.54, 1.807) is 0 Å². The second-order valence-electron chi connectivity index (χ2n) is 16.1. The maximum Gasteiger partial charge on any atom is 0.179 e. The number of benzene rings is 10. The van der Waals surface area contributed by atoms with Crippen LogP contribution < -0.4 is 25.6 Å². The Labute approximate surface area is 370 Å². The van der Waals surface area contributed by atoms with Crippen LogP contribution in [0.5, 0.6) is 0 Å². The molecule has 11 rings (SSSR count). The van der Waals surface area contributed by atoms with E-state index in [2.05, 4.69) is 276 Å². The fourth-order valence-electron chi connectivity index (χ4n) is 9.80. The molecule has 0 atom stereocenters. The van der Waals surface area contributed by atoms with Crippen molar-refractivity contribution in [3.8, 4) is 27.9 Å². The fraction of sp³-hybridized carbons (Fsp3) is 0.